The molecule has 1 unspecified atom stereocenters. The van der Waals surface area contributed by atoms with Crippen molar-refractivity contribution in [1.29, 1.82) is 0 Å². The molecule has 0 spiro atoms. The quantitative estimate of drug-likeness (QED) is 0.684. The molecule has 1 aromatic rings. The summed E-state index contributed by atoms with van der Waals surface area (Å²) in [7, 11) is -5.69. The second kappa shape index (κ2) is 4.68. The van der Waals surface area contributed by atoms with Crippen molar-refractivity contribution in [3.8, 4) is 5.75 Å². The molecule has 19 heavy (non-hydrogen) atoms. The van der Waals surface area contributed by atoms with Crippen LogP contribution >= 0.6 is 0 Å². The first-order chi connectivity index (χ1) is 8.76. The Balaban J connectivity index is 2.41. The first kappa shape index (κ1) is 14.1. The smallest absolute Gasteiger partial charge is 0.396 e. The van der Waals surface area contributed by atoms with E-state index in [0.717, 1.165) is 6.07 Å². The molecule has 0 amide bonds. The van der Waals surface area contributed by atoms with Crippen LogP contribution in [0.15, 0.2) is 18.2 Å². The van der Waals surface area contributed by atoms with Crippen molar-refractivity contribution in [3.05, 3.63) is 29.3 Å². The van der Waals surface area contributed by atoms with Gasteiger partial charge in [0.15, 0.2) is 0 Å². The molecule has 1 N–H and O–H groups in total. The minimum Gasteiger partial charge on any atom is -0.396 e. The van der Waals surface area contributed by atoms with E-state index in [4.69, 9.17) is 5.11 Å². The molecule has 2 rings (SSSR count). The molecule has 4 nitrogen and oxygen atoms in total. The van der Waals surface area contributed by atoms with E-state index in [0.29, 0.717) is 24.0 Å². The first-order valence-corrected chi connectivity index (χ1v) is 6.90. The molecule has 1 aliphatic carbocycles. The monoisotopic (exact) mass is 296 g/mol. The molecule has 1 aromatic carbocycles. The van der Waals surface area contributed by atoms with Gasteiger partial charge in [-0.15, -0.1) is 0 Å². The fraction of sp³-hybridized carbons (Fsp3) is 0.455. The molecular weight excluding hydrogens is 285 g/mol. The van der Waals surface area contributed by atoms with Crippen LogP contribution in [0.3, 0.4) is 0 Å². The van der Waals surface area contributed by atoms with Gasteiger partial charge in [-0.2, -0.15) is 21.6 Å². The predicted molar refractivity (Wildman–Crippen MR) is 60.2 cm³/mol. The Morgan fingerprint density at radius 3 is 2.63 bits per heavy atom. The molecule has 0 aromatic heterocycles. The van der Waals surface area contributed by atoms with Gasteiger partial charge < -0.3 is 9.29 Å². The highest BCUT2D eigenvalue weighted by atomic mass is 32.2. The van der Waals surface area contributed by atoms with Crippen molar-refractivity contribution in [1.82, 2.24) is 0 Å². The summed E-state index contributed by atoms with van der Waals surface area (Å²) in [5.74, 6) is -0.749. The summed E-state index contributed by atoms with van der Waals surface area (Å²) in [5.41, 5.74) is -4.42. The molecule has 106 valence electrons. The Bertz CT molecular complexity index is 580. The molecule has 0 saturated carbocycles. The number of alkyl halides is 3. The third kappa shape index (κ3) is 2.55. The molecular formula is C11H11F3O4S. The third-order valence-electron chi connectivity index (χ3n) is 3.03. The number of aliphatic hydroxyl groups excluding tert-OH is 1. The Morgan fingerprint density at radius 1 is 1.37 bits per heavy atom. The van der Waals surface area contributed by atoms with Crippen LogP contribution in [0.4, 0.5) is 13.2 Å². The van der Waals surface area contributed by atoms with Crippen LogP contribution < -0.4 is 4.18 Å². The van der Waals surface area contributed by atoms with Crippen molar-refractivity contribution in [2.75, 3.05) is 6.61 Å². The second-order valence-corrected chi connectivity index (χ2v) is 5.77. The number of aliphatic hydroxyl groups is 1. The number of benzene rings is 1. The Morgan fingerprint density at radius 2 is 2.05 bits per heavy atom. The maximum absolute atomic E-state index is 12.3. The largest absolute Gasteiger partial charge is 0.534 e. The van der Waals surface area contributed by atoms with Crippen LogP contribution in [-0.2, 0) is 16.5 Å². The maximum Gasteiger partial charge on any atom is 0.534 e. The van der Waals surface area contributed by atoms with Gasteiger partial charge in [-0.25, -0.2) is 0 Å². The van der Waals surface area contributed by atoms with Gasteiger partial charge in [0.2, 0.25) is 0 Å². The summed E-state index contributed by atoms with van der Waals surface area (Å²) in [6, 6.07) is 4.27. The standard InChI is InChI=1S/C11H11F3O4S/c12-11(13,14)19(16,17)18-9-3-1-2-7-4-5-8(6-15)10(7)9/h1-3,8,15H,4-6H2. The number of hydrogen-bond donors (Lipinski definition) is 1. The summed E-state index contributed by atoms with van der Waals surface area (Å²) < 4.78 is 63.1. The van der Waals surface area contributed by atoms with Gasteiger partial charge in [0.25, 0.3) is 0 Å². The fourth-order valence-corrected chi connectivity index (χ4v) is 2.64. The molecule has 0 heterocycles. The summed E-state index contributed by atoms with van der Waals surface area (Å²) in [6.45, 7) is -0.264. The van der Waals surface area contributed by atoms with E-state index < -0.39 is 21.5 Å². The highest BCUT2D eigenvalue weighted by molar-refractivity contribution is 7.88. The molecule has 1 atom stereocenters. The number of aryl methyl sites for hydroxylation is 1. The van der Waals surface area contributed by atoms with Crippen LogP contribution in [0.25, 0.3) is 0 Å². The lowest BCUT2D eigenvalue weighted by atomic mass is 10.0. The van der Waals surface area contributed by atoms with Gasteiger partial charge in [-0.1, -0.05) is 12.1 Å². The van der Waals surface area contributed by atoms with Crippen LogP contribution in [0, 0.1) is 0 Å². The van der Waals surface area contributed by atoms with E-state index >= 15 is 0 Å². The first-order valence-electron chi connectivity index (χ1n) is 5.49. The highest BCUT2D eigenvalue weighted by Gasteiger charge is 2.49. The molecule has 0 saturated heterocycles. The predicted octanol–water partition coefficient (Wildman–Crippen LogP) is 1.94. The molecule has 0 bridgehead atoms. The van der Waals surface area contributed by atoms with Crippen LogP contribution in [0.1, 0.15) is 23.5 Å². The minimum absolute atomic E-state index is 0.264. The molecule has 0 aliphatic heterocycles. The van der Waals surface area contributed by atoms with Crippen molar-refractivity contribution in [2.24, 2.45) is 0 Å². The average Bonchev–Trinajstić information content (AvgIpc) is 2.71. The summed E-state index contributed by atoms with van der Waals surface area (Å²) >= 11 is 0. The molecule has 0 fully saturated rings. The Labute approximate surface area is 107 Å². The van der Waals surface area contributed by atoms with Gasteiger partial charge in [0, 0.05) is 11.5 Å². The molecule has 1 aliphatic rings. The van der Waals surface area contributed by atoms with Crippen LogP contribution in [0.5, 0.6) is 5.75 Å². The van der Waals surface area contributed by atoms with Gasteiger partial charge in [-0.3, -0.25) is 0 Å². The van der Waals surface area contributed by atoms with E-state index in [9.17, 15) is 21.6 Å². The molecule has 0 radical (unpaired) electrons. The second-order valence-electron chi connectivity index (χ2n) is 4.23. The summed E-state index contributed by atoms with van der Waals surface area (Å²) in [4.78, 5) is 0. The Hall–Kier alpha value is -1.28. The number of fused-ring (bicyclic) bond motifs is 1. The molecule has 8 heteroatoms. The van der Waals surface area contributed by atoms with Crippen molar-refractivity contribution in [3.63, 3.8) is 0 Å². The SMILES string of the molecule is O=S(=O)(Oc1cccc2c1C(CO)CC2)C(F)(F)F. The number of hydrogen-bond acceptors (Lipinski definition) is 4. The van der Waals surface area contributed by atoms with Gasteiger partial charge in [-0.05, 0) is 24.5 Å². The zero-order valence-corrected chi connectivity index (χ0v) is 10.5. The lowest BCUT2D eigenvalue weighted by molar-refractivity contribution is -0.0500. The summed E-state index contributed by atoms with van der Waals surface area (Å²) in [6.07, 6.45) is 1.13. The normalized spacial score (nSPS) is 19.3. The van der Waals surface area contributed by atoms with E-state index in [-0.39, 0.29) is 12.4 Å². The van der Waals surface area contributed by atoms with Crippen molar-refractivity contribution in [2.45, 2.75) is 24.3 Å². The highest BCUT2D eigenvalue weighted by Crippen LogP contribution is 2.40. The maximum atomic E-state index is 12.3. The zero-order chi connectivity index (χ0) is 14.3. The lowest BCUT2D eigenvalue weighted by Gasteiger charge is -2.15. The number of halogens is 3. The third-order valence-corrected chi connectivity index (χ3v) is 4.00. The van der Waals surface area contributed by atoms with Crippen LogP contribution in [-0.4, -0.2) is 25.6 Å². The topological polar surface area (TPSA) is 63.6 Å². The van der Waals surface area contributed by atoms with E-state index in [1.165, 1.54) is 6.07 Å². The van der Waals surface area contributed by atoms with Crippen molar-refractivity contribution >= 4 is 10.1 Å². The minimum atomic E-state index is -5.69. The average molecular weight is 296 g/mol. The van der Waals surface area contributed by atoms with Gasteiger partial charge >= 0.3 is 15.6 Å². The van der Waals surface area contributed by atoms with Gasteiger partial charge in [0.05, 0.1) is 6.61 Å². The van der Waals surface area contributed by atoms with Crippen molar-refractivity contribution < 1.29 is 30.9 Å². The van der Waals surface area contributed by atoms with Gasteiger partial charge in [0.1, 0.15) is 5.75 Å². The lowest BCUT2D eigenvalue weighted by Crippen LogP contribution is -2.28. The zero-order valence-electron chi connectivity index (χ0n) is 9.64. The van der Waals surface area contributed by atoms with Crippen LogP contribution in [0.2, 0.25) is 0 Å². The Kier molecular flexibility index (Phi) is 3.48. The number of rotatable bonds is 3. The fourth-order valence-electron chi connectivity index (χ4n) is 2.17. The summed E-state index contributed by atoms with van der Waals surface area (Å²) in [5, 5.41) is 9.17. The van der Waals surface area contributed by atoms with E-state index in [2.05, 4.69) is 4.18 Å². The van der Waals surface area contributed by atoms with E-state index in [1.807, 2.05) is 0 Å². The van der Waals surface area contributed by atoms with E-state index in [1.54, 1.807) is 6.07 Å².